The van der Waals surface area contributed by atoms with Crippen molar-refractivity contribution < 1.29 is 4.74 Å². The molecule has 0 spiro atoms. The molecule has 0 aliphatic carbocycles. The SMILES string of the molecule is CCc1ccc(Oc2ncnc(NNc3ccccc3)c2N)cc1. The zero-order valence-corrected chi connectivity index (χ0v) is 13.4. The minimum atomic E-state index is 0.312. The lowest BCUT2D eigenvalue weighted by atomic mass is 10.2. The number of rotatable bonds is 6. The van der Waals surface area contributed by atoms with Gasteiger partial charge in [-0.1, -0.05) is 37.3 Å². The third-order valence-electron chi connectivity index (χ3n) is 3.49. The molecule has 0 unspecified atom stereocenters. The fourth-order valence-electron chi connectivity index (χ4n) is 2.12. The highest BCUT2D eigenvalue weighted by atomic mass is 16.5. The Kier molecular flexibility index (Phi) is 4.76. The van der Waals surface area contributed by atoms with Crippen LogP contribution in [0.25, 0.3) is 0 Å². The molecule has 1 aromatic heterocycles. The fourth-order valence-corrected chi connectivity index (χ4v) is 2.12. The third-order valence-corrected chi connectivity index (χ3v) is 3.49. The van der Waals surface area contributed by atoms with E-state index in [4.69, 9.17) is 10.5 Å². The van der Waals surface area contributed by atoms with Crippen LogP contribution in [-0.2, 0) is 6.42 Å². The van der Waals surface area contributed by atoms with Gasteiger partial charge in [-0.25, -0.2) is 4.98 Å². The zero-order chi connectivity index (χ0) is 16.8. The maximum Gasteiger partial charge on any atom is 0.248 e. The summed E-state index contributed by atoms with van der Waals surface area (Å²) in [6.07, 6.45) is 2.39. The summed E-state index contributed by atoms with van der Waals surface area (Å²) in [5.74, 6) is 1.44. The van der Waals surface area contributed by atoms with Crippen LogP contribution in [0.4, 0.5) is 17.2 Å². The molecule has 3 aromatic rings. The molecule has 24 heavy (non-hydrogen) atoms. The number of ether oxygens (including phenoxy) is 1. The zero-order valence-electron chi connectivity index (χ0n) is 13.4. The summed E-state index contributed by atoms with van der Waals surface area (Å²) in [7, 11) is 0. The topological polar surface area (TPSA) is 85.1 Å². The average Bonchev–Trinajstić information content (AvgIpc) is 2.64. The molecule has 0 radical (unpaired) electrons. The van der Waals surface area contributed by atoms with E-state index in [2.05, 4.69) is 27.7 Å². The van der Waals surface area contributed by atoms with E-state index in [1.54, 1.807) is 0 Å². The number of nitrogen functional groups attached to an aromatic ring is 1. The predicted octanol–water partition coefficient (Wildman–Crippen LogP) is 3.85. The molecule has 0 fully saturated rings. The van der Waals surface area contributed by atoms with Gasteiger partial charge in [-0.3, -0.25) is 10.9 Å². The fraction of sp³-hybridized carbons (Fsp3) is 0.111. The molecule has 0 aliphatic rings. The molecular formula is C18H19N5O. The smallest absolute Gasteiger partial charge is 0.248 e. The van der Waals surface area contributed by atoms with E-state index < -0.39 is 0 Å². The van der Waals surface area contributed by atoms with E-state index in [-0.39, 0.29) is 0 Å². The maximum atomic E-state index is 6.10. The lowest BCUT2D eigenvalue weighted by Gasteiger charge is -2.13. The minimum absolute atomic E-state index is 0.312. The van der Waals surface area contributed by atoms with Crippen molar-refractivity contribution in [2.45, 2.75) is 13.3 Å². The first-order valence-electron chi connectivity index (χ1n) is 7.70. The Labute approximate surface area is 140 Å². The summed E-state index contributed by atoms with van der Waals surface area (Å²) in [4.78, 5) is 8.24. The summed E-state index contributed by atoms with van der Waals surface area (Å²) < 4.78 is 5.76. The summed E-state index contributed by atoms with van der Waals surface area (Å²) in [6.45, 7) is 2.11. The third kappa shape index (κ3) is 3.73. The highest BCUT2D eigenvalue weighted by Crippen LogP contribution is 2.29. The Balaban J connectivity index is 1.72. The molecule has 1 heterocycles. The number of benzene rings is 2. The van der Waals surface area contributed by atoms with Crippen LogP contribution in [0.2, 0.25) is 0 Å². The van der Waals surface area contributed by atoms with Gasteiger partial charge in [-0.2, -0.15) is 4.98 Å². The molecule has 6 nitrogen and oxygen atoms in total. The predicted molar refractivity (Wildman–Crippen MR) is 96.0 cm³/mol. The van der Waals surface area contributed by atoms with E-state index in [0.29, 0.717) is 23.1 Å². The number of nitrogens with two attached hydrogens (primary N) is 1. The van der Waals surface area contributed by atoms with Crippen LogP contribution in [0, 0.1) is 0 Å². The van der Waals surface area contributed by atoms with Crippen molar-refractivity contribution in [3.63, 3.8) is 0 Å². The molecule has 0 aliphatic heterocycles. The first-order valence-corrected chi connectivity index (χ1v) is 7.70. The summed E-state index contributed by atoms with van der Waals surface area (Å²) in [5.41, 5.74) is 14.6. The largest absolute Gasteiger partial charge is 0.437 e. The average molecular weight is 321 g/mol. The molecule has 0 atom stereocenters. The molecule has 2 aromatic carbocycles. The highest BCUT2D eigenvalue weighted by molar-refractivity contribution is 5.68. The van der Waals surface area contributed by atoms with Crippen LogP contribution in [0.1, 0.15) is 12.5 Å². The van der Waals surface area contributed by atoms with Crippen molar-refractivity contribution in [1.82, 2.24) is 9.97 Å². The van der Waals surface area contributed by atoms with E-state index in [1.165, 1.54) is 11.9 Å². The number of aromatic nitrogens is 2. The first-order chi connectivity index (χ1) is 11.8. The van der Waals surface area contributed by atoms with Crippen LogP contribution < -0.4 is 21.3 Å². The molecule has 6 heteroatoms. The molecule has 4 N–H and O–H groups in total. The van der Waals surface area contributed by atoms with E-state index in [9.17, 15) is 0 Å². The summed E-state index contributed by atoms with van der Waals surface area (Å²) >= 11 is 0. The van der Waals surface area contributed by atoms with Crippen LogP contribution in [0.3, 0.4) is 0 Å². The van der Waals surface area contributed by atoms with Gasteiger partial charge in [0.15, 0.2) is 5.82 Å². The Morgan fingerprint density at radius 3 is 2.42 bits per heavy atom. The van der Waals surface area contributed by atoms with Gasteiger partial charge in [0.1, 0.15) is 17.8 Å². The van der Waals surface area contributed by atoms with Crippen molar-refractivity contribution in [3.05, 3.63) is 66.5 Å². The molecule has 0 saturated heterocycles. The Hall–Kier alpha value is -3.28. The molecule has 0 saturated carbocycles. The van der Waals surface area contributed by atoms with Gasteiger partial charge < -0.3 is 10.5 Å². The number of hydrazine groups is 1. The van der Waals surface area contributed by atoms with Crippen LogP contribution in [-0.4, -0.2) is 9.97 Å². The minimum Gasteiger partial charge on any atom is -0.437 e. The van der Waals surface area contributed by atoms with Gasteiger partial charge >= 0.3 is 0 Å². The second-order valence-electron chi connectivity index (χ2n) is 5.16. The van der Waals surface area contributed by atoms with Crippen LogP contribution in [0.15, 0.2) is 60.9 Å². The molecule has 3 rings (SSSR count). The van der Waals surface area contributed by atoms with Crippen molar-refractivity contribution in [2.75, 3.05) is 16.6 Å². The molecule has 0 bridgehead atoms. The number of para-hydroxylation sites is 1. The monoisotopic (exact) mass is 321 g/mol. The quantitative estimate of drug-likeness (QED) is 0.598. The Morgan fingerprint density at radius 1 is 0.958 bits per heavy atom. The van der Waals surface area contributed by atoms with Gasteiger partial charge in [0.05, 0.1) is 5.69 Å². The summed E-state index contributed by atoms with van der Waals surface area (Å²) in [6, 6.07) is 17.5. The van der Waals surface area contributed by atoms with Crippen molar-refractivity contribution in [1.29, 1.82) is 0 Å². The van der Waals surface area contributed by atoms with Gasteiger partial charge in [0.25, 0.3) is 0 Å². The number of nitrogens with one attached hydrogen (secondary N) is 2. The normalized spacial score (nSPS) is 10.2. The first kappa shape index (κ1) is 15.6. The highest BCUT2D eigenvalue weighted by Gasteiger charge is 2.10. The van der Waals surface area contributed by atoms with Gasteiger partial charge in [-0.15, -0.1) is 0 Å². The molecule has 0 amide bonds. The van der Waals surface area contributed by atoms with Crippen molar-refractivity contribution in [3.8, 4) is 11.6 Å². The van der Waals surface area contributed by atoms with Gasteiger partial charge in [-0.05, 0) is 36.2 Å². The second kappa shape index (κ2) is 7.32. The Morgan fingerprint density at radius 2 is 1.71 bits per heavy atom. The van der Waals surface area contributed by atoms with Crippen molar-refractivity contribution >= 4 is 17.2 Å². The second-order valence-corrected chi connectivity index (χ2v) is 5.16. The van der Waals surface area contributed by atoms with Gasteiger partial charge in [0.2, 0.25) is 5.88 Å². The van der Waals surface area contributed by atoms with Crippen LogP contribution >= 0.6 is 0 Å². The number of aryl methyl sites for hydroxylation is 1. The standard InChI is InChI=1S/C18H19N5O/c1-2-13-8-10-15(11-9-13)24-18-16(19)17(20-12-21-18)23-22-14-6-4-3-5-7-14/h3-12,22H,2,19H2,1H3,(H,20,21,23). The van der Waals surface area contributed by atoms with Crippen LogP contribution in [0.5, 0.6) is 11.6 Å². The number of hydrogen-bond donors (Lipinski definition) is 3. The Bertz CT molecular complexity index is 790. The lowest BCUT2D eigenvalue weighted by Crippen LogP contribution is -2.12. The lowest BCUT2D eigenvalue weighted by molar-refractivity contribution is 0.464. The van der Waals surface area contributed by atoms with E-state index in [0.717, 1.165) is 12.1 Å². The maximum absolute atomic E-state index is 6.10. The van der Waals surface area contributed by atoms with E-state index in [1.807, 2.05) is 54.6 Å². The van der Waals surface area contributed by atoms with E-state index >= 15 is 0 Å². The number of nitrogens with zero attached hydrogens (tertiary/aromatic N) is 2. The van der Waals surface area contributed by atoms with Gasteiger partial charge in [0, 0.05) is 0 Å². The molecule has 122 valence electrons. The molecular weight excluding hydrogens is 302 g/mol. The summed E-state index contributed by atoms with van der Waals surface area (Å²) in [5, 5.41) is 0. The van der Waals surface area contributed by atoms with Crippen molar-refractivity contribution in [2.24, 2.45) is 0 Å². The number of anilines is 3. The number of hydrogen-bond acceptors (Lipinski definition) is 6.